The first kappa shape index (κ1) is 18.4. The third kappa shape index (κ3) is 3.69. The van der Waals surface area contributed by atoms with E-state index in [0.717, 1.165) is 30.5 Å². The molecule has 142 valence electrons. The Balaban J connectivity index is 1.59. The third-order valence-electron chi connectivity index (χ3n) is 4.48. The molecule has 4 nitrogen and oxygen atoms in total. The van der Waals surface area contributed by atoms with Crippen LogP contribution in [0, 0.1) is 0 Å². The van der Waals surface area contributed by atoms with Crippen molar-refractivity contribution in [1.29, 1.82) is 0 Å². The summed E-state index contributed by atoms with van der Waals surface area (Å²) >= 11 is 6.43. The highest BCUT2D eigenvalue weighted by atomic mass is 79.9. The standard InChI is InChI=1S/C22H14BrN3OS2/c23-15-10-11-17-19(12-15)29-22(25-17)26(13-14-6-2-1-3-7-14)21(27)20-24-16-8-4-5-9-18(16)28-20/h1-12H,13H2. The summed E-state index contributed by atoms with van der Waals surface area (Å²) in [4.78, 5) is 24.5. The van der Waals surface area contributed by atoms with Crippen LogP contribution in [0.4, 0.5) is 5.13 Å². The van der Waals surface area contributed by atoms with Crippen LogP contribution in [0.25, 0.3) is 20.4 Å². The smallest absolute Gasteiger partial charge is 0.277 e. The van der Waals surface area contributed by atoms with Crippen LogP contribution in [-0.4, -0.2) is 15.9 Å². The lowest BCUT2D eigenvalue weighted by Gasteiger charge is -2.18. The molecule has 0 radical (unpaired) electrons. The minimum atomic E-state index is -0.131. The second kappa shape index (κ2) is 7.67. The van der Waals surface area contributed by atoms with Crippen LogP contribution in [0.15, 0.2) is 77.3 Å². The number of thiazole rings is 2. The van der Waals surface area contributed by atoms with Crippen molar-refractivity contribution in [2.45, 2.75) is 6.54 Å². The minimum absolute atomic E-state index is 0.131. The van der Waals surface area contributed by atoms with Crippen LogP contribution in [0.2, 0.25) is 0 Å². The Labute approximate surface area is 183 Å². The first-order valence-electron chi connectivity index (χ1n) is 8.95. The molecule has 29 heavy (non-hydrogen) atoms. The highest BCUT2D eigenvalue weighted by Crippen LogP contribution is 2.33. The summed E-state index contributed by atoms with van der Waals surface area (Å²) < 4.78 is 3.03. The summed E-state index contributed by atoms with van der Waals surface area (Å²) in [5, 5.41) is 1.15. The van der Waals surface area contributed by atoms with Crippen molar-refractivity contribution >= 4 is 70.1 Å². The van der Waals surface area contributed by atoms with Crippen LogP contribution >= 0.6 is 38.6 Å². The monoisotopic (exact) mass is 479 g/mol. The number of hydrogen-bond donors (Lipinski definition) is 0. The van der Waals surface area contributed by atoms with Gasteiger partial charge in [0.15, 0.2) is 10.1 Å². The molecule has 0 unspecified atom stereocenters. The van der Waals surface area contributed by atoms with Gasteiger partial charge in [0.2, 0.25) is 0 Å². The molecule has 5 aromatic rings. The molecule has 2 aromatic heterocycles. The van der Waals surface area contributed by atoms with E-state index in [9.17, 15) is 4.79 Å². The van der Waals surface area contributed by atoms with Gasteiger partial charge in [-0.2, -0.15) is 0 Å². The van der Waals surface area contributed by atoms with Gasteiger partial charge >= 0.3 is 0 Å². The Morgan fingerprint density at radius 3 is 2.45 bits per heavy atom. The number of amides is 1. The van der Waals surface area contributed by atoms with E-state index in [1.807, 2.05) is 72.8 Å². The zero-order valence-corrected chi connectivity index (χ0v) is 18.3. The molecule has 1 amide bonds. The van der Waals surface area contributed by atoms with Crippen molar-refractivity contribution in [3.63, 3.8) is 0 Å². The number of benzene rings is 3. The summed E-state index contributed by atoms with van der Waals surface area (Å²) in [5.74, 6) is -0.131. The number of nitrogens with zero attached hydrogens (tertiary/aromatic N) is 3. The fourth-order valence-electron chi connectivity index (χ4n) is 3.07. The van der Waals surface area contributed by atoms with Crippen molar-refractivity contribution in [2.75, 3.05) is 4.90 Å². The molecule has 2 heterocycles. The van der Waals surface area contributed by atoms with E-state index in [2.05, 4.69) is 20.9 Å². The largest absolute Gasteiger partial charge is 0.289 e. The van der Waals surface area contributed by atoms with Crippen molar-refractivity contribution in [2.24, 2.45) is 0 Å². The quantitative estimate of drug-likeness (QED) is 0.294. The van der Waals surface area contributed by atoms with Gasteiger partial charge < -0.3 is 0 Å². The van der Waals surface area contributed by atoms with Gasteiger partial charge in [0.25, 0.3) is 5.91 Å². The summed E-state index contributed by atoms with van der Waals surface area (Å²) in [6.45, 7) is 0.441. The zero-order valence-electron chi connectivity index (χ0n) is 15.1. The maximum Gasteiger partial charge on any atom is 0.289 e. The Morgan fingerprint density at radius 1 is 0.862 bits per heavy atom. The molecular weight excluding hydrogens is 466 g/mol. The van der Waals surface area contributed by atoms with E-state index < -0.39 is 0 Å². The predicted molar refractivity (Wildman–Crippen MR) is 124 cm³/mol. The van der Waals surface area contributed by atoms with Crippen LogP contribution in [0.3, 0.4) is 0 Å². The number of rotatable bonds is 4. The van der Waals surface area contributed by atoms with E-state index in [4.69, 9.17) is 4.98 Å². The van der Waals surface area contributed by atoms with E-state index in [-0.39, 0.29) is 5.91 Å². The number of carbonyl (C=O) groups excluding carboxylic acids is 1. The van der Waals surface area contributed by atoms with Gasteiger partial charge in [-0.25, -0.2) is 9.97 Å². The van der Waals surface area contributed by atoms with Crippen LogP contribution in [-0.2, 0) is 6.54 Å². The van der Waals surface area contributed by atoms with E-state index in [1.54, 1.807) is 4.90 Å². The molecule has 0 N–H and O–H groups in total. The van der Waals surface area contributed by atoms with Crippen LogP contribution in [0.1, 0.15) is 15.4 Å². The number of aromatic nitrogens is 2. The molecule has 0 atom stereocenters. The lowest BCUT2D eigenvalue weighted by Crippen LogP contribution is -2.30. The topological polar surface area (TPSA) is 46.1 Å². The molecule has 0 spiro atoms. The Bertz CT molecular complexity index is 1300. The number of carbonyl (C=O) groups is 1. The van der Waals surface area contributed by atoms with Crippen molar-refractivity contribution < 1.29 is 4.79 Å². The van der Waals surface area contributed by atoms with Crippen LogP contribution < -0.4 is 4.90 Å². The molecule has 0 aliphatic carbocycles. The maximum atomic E-state index is 13.5. The molecule has 7 heteroatoms. The van der Waals surface area contributed by atoms with Crippen molar-refractivity contribution in [1.82, 2.24) is 9.97 Å². The minimum Gasteiger partial charge on any atom is -0.277 e. The first-order chi connectivity index (χ1) is 14.2. The Kier molecular flexibility index (Phi) is 4.87. The fourth-order valence-corrected chi connectivity index (χ4v) is 5.50. The Morgan fingerprint density at radius 2 is 1.62 bits per heavy atom. The van der Waals surface area contributed by atoms with E-state index >= 15 is 0 Å². The number of anilines is 1. The molecular formula is C22H14BrN3OS2. The van der Waals surface area contributed by atoms with E-state index in [1.165, 1.54) is 22.7 Å². The highest BCUT2D eigenvalue weighted by Gasteiger charge is 2.24. The zero-order chi connectivity index (χ0) is 19.8. The second-order valence-electron chi connectivity index (χ2n) is 6.47. The van der Waals surface area contributed by atoms with Crippen molar-refractivity contribution in [3.05, 3.63) is 87.8 Å². The maximum absolute atomic E-state index is 13.5. The third-order valence-corrected chi connectivity index (χ3v) is 7.03. The molecule has 0 aliphatic heterocycles. The molecule has 0 saturated heterocycles. The fraction of sp³-hybridized carbons (Fsp3) is 0.0455. The molecule has 0 fully saturated rings. The molecule has 5 rings (SSSR count). The van der Waals surface area contributed by atoms with Gasteiger partial charge in [0, 0.05) is 4.47 Å². The Hall–Kier alpha value is -2.61. The summed E-state index contributed by atoms with van der Waals surface area (Å²) in [6, 6.07) is 23.7. The second-order valence-corrected chi connectivity index (χ2v) is 9.43. The van der Waals surface area contributed by atoms with Crippen LogP contribution in [0.5, 0.6) is 0 Å². The van der Waals surface area contributed by atoms with Gasteiger partial charge in [-0.1, -0.05) is 69.7 Å². The van der Waals surface area contributed by atoms with Gasteiger partial charge in [-0.3, -0.25) is 9.69 Å². The van der Waals surface area contributed by atoms with Crippen molar-refractivity contribution in [3.8, 4) is 0 Å². The average Bonchev–Trinajstić information content (AvgIpc) is 3.36. The lowest BCUT2D eigenvalue weighted by molar-refractivity contribution is 0.0985. The normalized spacial score (nSPS) is 11.2. The molecule has 0 saturated carbocycles. The van der Waals surface area contributed by atoms with Gasteiger partial charge in [0.05, 0.1) is 27.0 Å². The molecule has 0 bridgehead atoms. The first-order valence-corrected chi connectivity index (χ1v) is 11.4. The molecule has 0 aliphatic rings. The van der Waals surface area contributed by atoms with E-state index in [0.29, 0.717) is 16.7 Å². The SMILES string of the molecule is O=C(c1nc2ccccc2s1)N(Cc1ccccc1)c1nc2ccc(Br)cc2s1. The number of halogens is 1. The summed E-state index contributed by atoms with van der Waals surface area (Å²) in [5.41, 5.74) is 2.76. The predicted octanol–water partition coefficient (Wildman–Crippen LogP) is 6.52. The number of para-hydroxylation sites is 1. The number of hydrogen-bond acceptors (Lipinski definition) is 5. The van der Waals surface area contributed by atoms with Gasteiger partial charge in [0.1, 0.15) is 0 Å². The summed E-state index contributed by atoms with van der Waals surface area (Å²) in [7, 11) is 0. The highest BCUT2D eigenvalue weighted by molar-refractivity contribution is 9.10. The number of fused-ring (bicyclic) bond motifs is 2. The van der Waals surface area contributed by atoms with Gasteiger partial charge in [-0.05, 0) is 35.9 Å². The van der Waals surface area contributed by atoms with Gasteiger partial charge in [-0.15, -0.1) is 11.3 Å². The summed E-state index contributed by atoms with van der Waals surface area (Å²) in [6.07, 6.45) is 0. The lowest BCUT2D eigenvalue weighted by atomic mass is 10.2. The molecule has 3 aromatic carbocycles. The average molecular weight is 480 g/mol.